The standard InChI is InChI=1S/C11H20N4O2/c1-9-8-10(12)2-3-11(9)15(13-4-6-16)14-5-7-17/h2-3,8,13-14,16-17H,4-7,12H2,1H3. The van der Waals surface area contributed by atoms with E-state index >= 15 is 0 Å². The summed E-state index contributed by atoms with van der Waals surface area (Å²) in [6.45, 7) is 2.85. The van der Waals surface area contributed by atoms with Crippen LogP contribution in [0, 0.1) is 6.92 Å². The van der Waals surface area contributed by atoms with Gasteiger partial charge in [0.2, 0.25) is 0 Å². The molecule has 0 unspecified atom stereocenters. The molecular formula is C11H20N4O2. The Morgan fingerprint density at radius 1 is 1.18 bits per heavy atom. The van der Waals surface area contributed by atoms with Crippen molar-refractivity contribution in [1.82, 2.24) is 10.9 Å². The molecule has 1 aromatic carbocycles. The number of hydrazine groups is 2. The summed E-state index contributed by atoms with van der Waals surface area (Å²) in [4.78, 5) is 0. The van der Waals surface area contributed by atoms with E-state index in [2.05, 4.69) is 10.9 Å². The molecule has 0 atom stereocenters. The molecule has 17 heavy (non-hydrogen) atoms. The summed E-state index contributed by atoms with van der Waals surface area (Å²) in [6.07, 6.45) is 0. The molecule has 0 amide bonds. The van der Waals surface area contributed by atoms with Crippen molar-refractivity contribution in [3.8, 4) is 0 Å². The molecule has 0 aliphatic rings. The van der Waals surface area contributed by atoms with Crippen molar-refractivity contribution in [2.45, 2.75) is 6.92 Å². The van der Waals surface area contributed by atoms with E-state index in [0.717, 1.165) is 11.3 Å². The molecule has 0 fully saturated rings. The lowest BCUT2D eigenvalue weighted by Gasteiger charge is -2.27. The van der Waals surface area contributed by atoms with Crippen LogP contribution in [0.25, 0.3) is 0 Å². The Hall–Kier alpha value is -1.34. The Labute approximate surface area is 101 Å². The number of aryl methyl sites for hydroxylation is 1. The fourth-order valence-electron chi connectivity index (χ4n) is 1.48. The monoisotopic (exact) mass is 240 g/mol. The third-order valence-corrected chi connectivity index (χ3v) is 2.23. The molecule has 6 N–H and O–H groups in total. The molecule has 0 saturated carbocycles. The van der Waals surface area contributed by atoms with Gasteiger partial charge >= 0.3 is 0 Å². The quantitative estimate of drug-likeness (QED) is 0.322. The van der Waals surface area contributed by atoms with Crippen LogP contribution in [-0.2, 0) is 0 Å². The molecule has 6 nitrogen and oxygen atoms in total. The minimum atomic E-state index is 0.0331. The largest absolute Gasteiger partial charge is 0.399 e. The molecule has 1 aromatic rings. The van der Waals surface area contributed by atoms with Gasteiger partial charge in [-0.1, -0.05) is 0 Å². The summed E-state index contributed by atoms with van der Waals surface area (Å²) in [5, 5.41) is 19.3. The molecule has 0 aliphatic heterocycles. The molecule has 96 valence electrons. The van der Waals surface area contributed by atoms with Gasteiger partial charge in [-0.15, -0.1) is 0 Å². The van der Waals surface area contributed by atoms with Crippen LogP contribution in [0.15, 0.2) is 18.2 Å². The van der Waals surface area contributed by atoms with Crippen LogP contribution >= 0.6 is 0 Å². The third-order valence-electron chi connectivity index (χ3n) is 2.23. The number of anilines is 2. The highest BCUT2D eigenvalue weighted by Gasteiger charge is 2.08. The van der Waals surface area contributed by atoms with E-state index in [-0.39, 0.29) is 13.2 Å². The Kier molecular flexibility index (Phi) is 5.71. The first kappa shape index (κ1) is 13.7. The number of aliphatic hydroxyl groups excluding tert-OH is 2. The van der Waals surface area contributed by atoms with Gasteiger partial charge in [-0.05, 0) is 30.7 Å². The zero-order valence-corrected chi connectivity index (χ0v) is 9.98. The fourth-order valence-corrected chi connectivity index (χ4v) is 1.48. The van der Waals surface area contributed by atoms with E-state index in [1.807, 2.05) is 19.1 Å². The molecule has 0 aliphatic carbocycles. The molecule has 0 aromatic heterocycles. The molecule has 1 rings (SSSR count). The second-order valence-corrected chi connectivity index (χ2v) is 3.64. The molecule has 0 saturated heterocycles. The lowest BCUT2D eigenvalue weighted by atomic mass is 10.2. The van der Waals surface area contributed by atoms with Gasteiger partial charge in [0.25, 0.3) is 0 Å². The number of nitrogen functional groups attached to an aromatic ring is 1. The number of aliphatic hydroxyl groups is 2. The highest BCUT2D eigenvalue weighted by molar-refractivity contribution is 5.57. The predicted octanol–water partition coefficient (Wildman–Crippen LogP) is -0.623. The number of nitrogens with two attached hydrogens (primary N) is 1. The van der Waals surface area contributed by atoms with E-state index in [0.29, 0.717) is 18.8 Å². The Bertz CT molecular complexity index is 338. The summed E-state index contributed by atoms with van der Waals surface area (Å²) in [5.41, 5.74) is 14.3. The molecule has 0 heterocycles. The van der Waals surface area contributed by atoms with Crippen molar-refractivity contribution in [3.05, 3.63) is 23.8 Å². The molecular weight excluding hydrogens is 220 g/mol. The molecule has 6 heteroatoms. The van der Waals surface area contributed by atoms with Crippen molar-refractivity contribution in [2.24, 2.45) is 0 Å². The van der Waals surface area contributed by atoms with Gasteiger partial charge in [0.05, 0.1) is 18.9 Å². The van der Waals surface area contributed by atoms with Gasteiger partial charge in [-0.3, -0.25) is 0 Å². The maximum Gasteiger partial charge on any atom is 0.0732 e. The van der Waals surface area contributed by atoms with Gasteiger partial charge in [0.15, 0.2) is 0 Å². The molecule has 0 spiro atoms. The highest BCUT2D eigenvalue weighted by Crippen LogP contribution is 2.19. The second-order valence-electron chi connectivity index (χ2n) is 3.64. The van der Waals surface area contributed by atoms with Crippen LogP contribution < -0.4 is 21.7 Å². The van der Waals surface area contributed by atoms with Crippen LogP contribution in [0.1, 0.15) is 5.56 Å². The van der Waals surface area contributed by atoms with E-state index in [1.54, 1.807) is 11.2 Å². The number of hydrogen-bond acceptors (Lipinski definition) is 6. The minimum Gasteiger partial charge on any atom is -0.399 e. The van der Waals surface area contributed by atoms with Crippen molar-refractivity contribution in [1.29, 1.82) is 0 Å². The number of hydrogen-bond donors (Lipinski definition) is 5. The van der Waals surface area contributed by atoms with Crippen molar-refractivity contribution in [3.63, 3.8) is 0 Å². The van der Waals surface area contributed by atoms with E-state index in [4.69, 9.17) is 15.9 Å². The van der Waals surface area contributed by atoms with Crippen LogP contribution in [0.3, 0.4) is 0 Å². The van der Waals surface area contributed by atoms with Crippen molar-refractivity contribution < 1.29 is 10.2 Å². The topological polar surface area (TPSA) is 93.8 Å². The minimum absolute atomic E-state index is 0.0331. The Morgan fingerprint density at radius 2 is 1.76 bits per heavy atom. The second kappa shape index (κ2) is 7.08. The van der Waals surface area contributed by atoms with Gasteiger partial charge in [-0.25, -0.2) is 16.0 Å². The SMILES string of the molecule is Cc1cc(N)ccc1N(NCCO)NCCO. The van der Waals surface area contributed by atoms with Crippen LogP contribution in [0.4, 0.5) is 11.4 Å². The lowest BCUT2D eigenvalue weighted by molar-refractivity contribution is 0.272. The number of nitrogens with zero attached hydrogens (tertiary/aromatic N) is 1. The fraction of sp³-hybridized carbons (Fsp3) is 0.455. The number of rotatable bonds is 7. The summed E-state index contributed by atoms with van der Waals surface area (Å²) < 4.78 is 0. The maximum atomic E-state index is 8.81. The average Bonchev–Trinajstić information content (AvgIpc) is 2.30. The van der Waals surface area contributed by atoms with Crippen LogP contribution in [0.5, 0.6) is 0 Å². The van der Waals surface area contributed by atoms with E-state index < -0.39 is 0 Å². The van der Waals surface area contributed by atoms with Crippen LogP contribution in [-0.4, -0.2) is 36.5 Å². The van der Waals surface area contributed by atoms with E-state index in [9.17, 15) is 0 Å². The maximum absolute atomic E-state index is 8.81. The van der Waals surface area contributed by atoms with Gasteiger partial charge in [-0.2, -0.15) is 0 Å². The normalized spacial score (nSPS) is 10.5. The predicted molar refractivity (Wildman–Crippen MR) is 68.2 cm³/mol. The summed E-state index contributed by atoms with van der Waals surface area (Å²) >= 11 is 0. The molecule has 0 radical (unpaired) electrons. The first-order valence-corrected chi connectivity index (χ1v) is 5.54. The Morgan fingerprint density at radius 3 is 2.24 bits per heavy atom. The summed E-state index contributed by atoms with van der Waals surface area (Å²) in [5.74, 6) is 0. The van der Waals surface area contributed by atoms with Crippen molar-refractivity contribution >= 4 is 11.4 Å². The zero-order valence-electron chi connectivity index (χ0n) is 9.98. The number of benzene rings is 1. The highest BCUT2D eigenvalue weighted by atomic mass is 16.3. The van der Waals surface area contributed by atoms with Gasteiger partial charge in [0, 0.05) is 18.8 Å². The first-order chi connectivity index (χ1) is 8.19. The van der Waals surface area contributed by atoms with Gasteiger partial charge in [0.1, 0.15) is 0 Å². The first-order valence-electron chi connectivity index (χ1n) is 5.54. The summed E-state index contributed by atoms with van der Waals surface area (Å²) in [6, 6.07) is 5.54. The third kappa shape index (κ3) is 4.20. The van der Waals surface area contributed by atoms with Crippen LogP contribution in [0.2, 0.25) is 0 Å². The number of nitrogens with one attached hydrogen (secondary N) is 2. The summed E-state index contributed by atoms with van der Waals surface area (Å²) in [7, 11) is 0. The van der Waals surface area contributed by atoms with E-state index in [1.165, 1.54) is 0 Å². The Balaban J connectivity index is 2.79. The zero-order chi connectivity index (χ0) is 12.7. The lowest BCUT2D eigenvalue weighted by Crippen LogP contribution is -2.50. The van der Waals surface area contributed by atoms with Crippen molar-refractivity contribution in [2.75, 3.05) is 37.2 Å². The smallest absolute Gasteiger partial charge is 0.0732 e. The average molecular weight is 240 g/mol. The van der Waals surface area contributed by atoms with Gasteiger partial charge < -0.3 is 15.9 Å². The molecule has 0 bridgehead atoms.